The monoisotopic (exact) mass is 172 g/mol. The lowest BCUT2D eigenvalue weighted by molar-refractivity contribution is -0.0876. The van der Waals surface area contributed by atoms with Crippen molar-refractivity contribution in [2.45, 2.75) is 24.7 Å². The van der Waals surface area contributed by atoms with Gasteiger partial charge in [0, 0.05) is 32.0 Å². The van der Waals surface area contributed by atoms with Crippen molar-refractivity contribution in [2.75, 3.05) is 0 Å². The molecule has 0 bridgehead atoms. The summed E-state index contributed by atoms with van der Waals surface area (Å²) in [6.07, 6.45) is 1.71. The van der Waals surface area contributed by atoms with E-state index in [1.165, 1.54) is 0 Å². The Balaban J connectivity index is 2.06. The van der Waals surface area contributed by atoms with Crippen LogP contribution in [0.3, 0.4) is 0 Å². The van der Waals surface area contributed by atoms with Gasteiger partial charge in [-0.25, -0.2) is 8.78 Å². The summed E-state index contributed by atoms with van der Waals surface area (Å²) in [7, 11) is 1.79. The van der Waals surface area contributed by atoms with Crippen molar-refractivity contribution in [1.82, 2.24) is 9.78 Å². The molecule has 0 spiro atoms. The minimum Gasteiger partial charge on any atom is -0.276 e. The maximum Gasteiger partial charge on any atom is 0.249 e. The second kappa shape index (κ2) is 2.28. The first-order valence-electron chi connectivity index (χ1n) is 3.94. The van der Waals surface area contributed by atoms with E-state index in [1.54, 1.807) is 24.0 Å². The van der Waals surface area contributed by atoms with E-state index in [0.717, 1.165) is 5.69 Å². The summed E-state index contributed by atoms with van der Waals surface area (Å²) in [6.45, 7) is 0. The highest BCUT2D eigenvalue weighted by Crippen LogP contribution is 2.47. The predicted octanol–water partition coefficient (Wildman–Crippen LogP) is 1.93. The molecule has 0 radical (unpaired) electrons. The molecule has 1 aliphatic carbocycles. The maximum absolute atomic E-state index is 12.4. The average molecular weight is 172 g/mol. The van der Waals surface area contributed by atoms with E-state index in [4.69, 9.17) is 0 Å². The normalized spacial score (nSPS) is 22.2. The second-order valence-electron chi connectivity index (χ2n) is 3.38. The Kier molecular flexibility index (Phi) is 1.46. The summed E-state index contributed by atoms with van der Waals surface area (Å²) in [6, 6.07) is 1.81. The van der Waals surface area contributed by atoms with Gasteiger partial charge >= 0.3 is 0 Å². The smallest absolute Gasteiger partial charge is 0.249 e. The minimum atomic E-state index is -2.44. The van der Waals surface area contributed by atoms with Crippen molar-refractivity contribution in [3.8, 4) is 0 Å². The van der Waals surface area contributed by atoms with Crippen molar-refractivity contribution >= 4 is 0 Å². The van der Waals surface area contributed by atoms with Gasteiger partial charge in [0.05, 0.1) is 5.69 Å². The summed E-state index contributed by atoms with van der Waals surface area (Å²) >= 11 is 0. The molecule has 0 unspecified atom stereocenters. The number of hydrogen-bond donors (Lipinski definition) is 0. The van der Waals surface area contributed by atoms with Crippen LogP contribution in [-0.4, -0.2) is 15.7 Å². The fourth-order valence-corrected chi connectivity index (χ4v) is 1.52. The molecule has 0 amide bonds. The highest BCUT2D eigenvalue weighted by molar-refractivity contribution is 5.13. The highest BCUT2D eigenvalue weighted by atomic mass is 19.3. The van der Waals surface area contributed by atoms with E-state index in [-0.39, 0.29) is 18.8 Å². The van der Waals surface area contributed by atoms with Gasteiger partial charge in [0.25, 0.3) is 0 Å². The quantitative estimate of drug-likeness (QED) is 0.633. The van der Waals surface area contributed by atoms with Crippen LogP contribution in [0.1, 0.15) is 24.5 Å². The lowest BCUT2D eigenvalue weighted by Gasteiger charge is -2.33. The summed E-state index contributed by atoms with van der Waals surface area (Å²) in [5.41, 5.74) is 0.795. The third-order valence-electron chi connectivity index (χ3n) is 2.24. The van der Waals surface area contributed by atoms with Crippen molar-refractivity contribution in [3.05, 3.63) is 18.0 Å². The van der Waals surface area contributed by atoms with Crippen LogP contribution in [0.4, 0.5) is 8.78 Å². The molecule has 1 saturated carbocycles. The highest BCUT2D eigenvalue weighted by Gasteiger charge is 2.46. The van der Waals surface area contributed by atoms with E-state index < -0.39 is 5.92 Å². The van der Waals surface area contributed by atoms with Crippen molar-refractivity contribution in [3.63, 3.8) is 0 Å². The molecule has 0 aliphatic heterocycles. The molecule has 1 aliphatic rings. The van der Waals surface area contributed by atoms with E-state index in [1.807, 2.05) is 0 Å². The molecule has 0 aromatic carbocycles. The molecule has 66 valence electrons. The van der Waals surface area contributed by atoms with Gasteiger partial charge in [-0.2, -0.15) is 5.10 Å². The Morgan fingerprint density at radius 2 is 2.25 bits per heavy atom. The van der Waals surface area contributed by atoms with Crippen LogP contribution in [0, 0.1) is 0 Å². The van der Waals surface area contributed by atoms with Gasteiger partial charge in [-0.05, 0) is 6.07 Å². The Bertz CT molecular complexity index is 285. The molecule has 1 heterocycles. The largest absolute Gasteiger partial charge is 0.276 e. The van der Waals surface area contributed by atoms with Crippen LogP contribution in [0.15, 0.2) is 12.3 Å². The third-order valence-corrected chi connectivity index (χ3v) is 2.24. The van der Waals surface area contributed by atoms with Gasteiger partial charge < -0.3 is 0 Å². The first-order valence-corrected chi connectivity index (χ1v) is 3.94. The number of hydrogen-bond acceptors (Lipinski definition) is 1. The molecule has 2 nitrogen and oxygen atoms in total. The van der Waals surface area contributed by atoms with E-state index in [0.29, 0.717) is 0 Å². The number of nitrogens with zero attached hydrogens (tertiary/aromatic N) is 2. The Labute approximate surface area is 69.2 Å². The predicted molar refractivity (Wildman–Crippen MR) is 40.1 cm³/mol. The minimum absolute atomic E-state index is 0.0267. The number of aromatic nitrogens is 2. The molecule has 1 aromatic heterocycles. The van der Waals surface area contributed by atoms with Gasteiger partial charge in [0.2, 0.25) is 5.92 Å². The van der Waals surface area contributed by atoms with E-state index in [9.17, 15) is 8.78 Å². The van der Waals surface area contributed by atoms with Crippen molar-refractivity contribution in [2.24, 2.45) is 7.05 Å². The Morgan fingerprint density at radius 1 is 1.58 bits per heavy atom. The fraction of sp³-hybridized carbons (Fsp3) is 0.625. The zero-order chi connectivity index (χ0) is 8.77. The molecule has 2 rings (SSSR count). The zero-order valence-electron chi connectivity index (χ0n) is 6.80. The molecule has 0 saturated heterocycles. The molecule has 4 heteroatoms. The number of alkyl halides is 2. The van der Waals surface area contributed by atoms with Gasteiger partial charge in [-0.3, -0.25) is 4.68 Å². The topological polar surface area (TPSA) is 17.8 Å². The summed E-state index contributed by atoms with van der Waals surface area (Å²) in [5.74, 6) is -2.47. The second-order valence-corrected chi connectivity index (χ2v) is 3.38. The standard InChI is InChI=1S/C8H10F2N2/c1-12-3-2-7(11-12)6-4-8(9,10)5-6/h2-3,6H,4-5H2,1H3. The lowest BCUT2D eigenvalue weighted by Crippen LogP contribution is -2.33. The van der Waals surface area contributed by atoms with Gasteiger partial charge in [0.1, 0.15) is 0 Å². The molecule has 1 aromatic rings. The molecule has 0 atom stereocenters. The van der Waals surface area contributed by atoms with Crippen molar-refractivity contribution < 1.29 is 8.78 Å². The lowest BCUT2D eigenvalue weighted by atomic mass is 9.79. The van der Waals surface area contributed by atoms with Crippen LogP contribution < -0.4 is 0 Å². The van der Waals surface area contributed by atoms with Crippen LogP contribution in [0.5, 0.6) is 0 Å². The van der Waals surface area contributed by atoms with Crippen LogP contribution in [-0.2, 0) is 7.05 Å². The average Bonchev–Trinajstić information content (AvgIpc) is 2.30. The summed E-state index contributed by atoms with van der Waals surface area (Å²) < 4.78 is 26.5. The van der Waals surface area contributed by atoms with Gasteiger partial charge in [-0.15, -0.1) is 0 Å². The molecule has 0 N–H and O–H groups in total. The molecular formula is C8H10F2N2. The Morgan fingerprint density at radius 3 is 2.67 bits per heavy atom. The fourth-order valence-electron chi connectivity index (χ4n) is 1.52. The van der Waals surface area contributed by atoms with Crippen LogP contribution in [0.2, 0.25) is 0 Å². The molecular weight excluding hydrogens is 162 g/mol. The SMILES string of the molecule is Cn1ccc(C2CC(F)(F)C2)n1. The molecule has 1 fully saturated rings. The van der Waals surface area contributed by atoms with Gasteiger partial charge in [-0.1, -0.05) is 0 Å². The number of aryl methyl sites for hydroxylation is 1. The number of rotatable bonds is 1. The summed E-state index contributed by atoms with van der Waals surface area (Å²) in [5, 5.41) is 4.08. The zero-order valence-corrected chi connectivity index (χ0v) is 6.80. The maximum atomic E-state index is 12.4. The third kappa shape index (κ3) is 1.21. The van der Waals surface area contributed by atoms with Crippen LogP contribution >= 0.6 is 0 Å². The Hall–Kier alpha value is -0.930. The first-order chi connectivity index (χ1) is 5.57. The van der Waals surface area contributed by atoms with Crippen molar-refractivity contribution in [1.29, 1.82) is 0 Å². The van der Waals surface area contributed by atoms with Gasteiger partial charge in [0.15, 0.2) is 0 Å². The first kappa shape index (κ1) is 7.71. The number of halogens is 2. The van der Waals surface area contributed by atoms with E-state index >= 15 is 0 Å². The summed E-state index contributed by atoms with van der Waals surface area (Å²) in [4.78, 5) is 0. The molecule has 12 heavy (non-hydrogen) atoms. The van der Waals surface area contributed by atoms with Crippen LogP contribution in [0.25, 0.3) is 0 Å². The van der Waals surface area contributed by atoms with E-state index in [2.05, 4.69) is 5.10 Å².